The van der Waals surface area contributed by atoms with Crippen LogP contribution in [0.15, 0.2) is 35.3 Å². The summed E-state index contributed by atoms with van der Waals surface area (Å²) >= 11 is 3.67. The molecule has 1 N–H and O–H groups in total. The number of hydrogen-bond acceptors (Lipinski definition) is 2. The van der Waals surface area contributed by atoms with Gasteiger partial charge in [0, 0.05) is 29.8 Å². The second kappa shape index (κ2) is 7.59. The molecule has 0 amide bonds. The highest BCUT2D eigenvalue weighted by Crippen LogP contribution is 2.27. The molecular formula is C15H23BrN2. The van der Waals surface area contributed by atoms with E-state index in [9.17, 15) is 0 Å². The van der Waals surface area contributed by atoms with E-state index in [2.05, 4.69) is 71.8 Å². The van der Waals surface area contributed by atoms with Crippen molar-refractivity contribution in [3.63, 3.8) is 0 Å². The van der Waals surface area contributed by atoms with Crippen molar-refractivity contribution in [1.29, 1.82) is 0 Å². The summed E-state index contributed by atoms with van der Waals surface area (Å²) in [6.07, 6.45) is 3.06. The van der Waals surface area contributed by atoms with Crippen LogP contribution in [0.1, 0.15) is 31.9 Å². The lowest BCUT2D eigenvalue weighted by molar-refractivity contribution is 0.569. The van der Waals surface area contributed by atoms with Gasteiger partial charge in [0.2, 0.25) is 0 Å². The van der Waals surface area contributed by atoms with Crippen LogP contribution in [0.2, 0.25) is 0 Å². The molecule has 0 aliphatic heterocycles. The van der Waals surface area contributed by atoms with Crippen LogP contribution in [0.3, 0.4) is 0 Å². The molecule has 1 aromatic carbocycles. The second-order valence-corrected chi connectivity index (χ2v) is 5.41. The van der Waals surface area contributed by atoms with Crippen molar-refractivity contribution in [2.75, 3.05) is 25.0 Å². The first-order valence-electron chi connectivity index (χ1n) is 6.45. The molecule has 0 saturated heterocycles. The quantitative estimate of drug-likeness (QED) is 0.762. The van der Waals surface area contributed by atoms with Crippen molar-refractivity contribution in [2.24, 2.45) is 0 Å². The van der Waals surface area contributed by atoms with Crippen LogP contribution >= 0.6 is 15.9 Å². The van der Waals surface area contributed by atoms with Crippen LogP contribution in [0, 0.1) is 0 Å². The first-order valence-corrected chi connectivity index (χ1v) is 7.24. The van der Waals surface area contributed by atoms with E-state index in [0.29, 0.717) is 6.04 Å². The molecule has 0 spiro atoms. The first kappa shape index (κ1) is 15.3. The molecule has 0 radical (unpaired) electrons. The largest absolute Gasteiger partial charge is 0.371 e. The fourth-order valence-electron chi connectivity index (χ4n) is 1.87. The fraction of sp³-hybridized carbons (Fsp3) is 0.467. The molecule has 0 aliphatic rings. The Balaban J connectivity index is 2.81. The third-order valence-corrected chi connectivity index (χ3v) is 3.68. The van der Waals surface area contributed by atoms with Gasteiger partial charge in [-0.05, 0) is 37.6 Å². The summed E-state index contributed by atoms with van der Waals surface area (Å²) in [6.45, 7) is 10.0. The second-order valence-electron chi connectivity index (χ2n) is 4.55. The maximum absolute atomic E-state index is 3.76. The van der Waals surface area contributed by atoms with Crippen LogP contribution in [0.25, 0.3) is 0 Å². The lowest BCUT2D eigenvalue weighted by atomic mass is 10.1. The van der Waals surface area contributed by atoms with Crippen LogP contribution < -0.4 is 10.2 Å². The third-order valence-electron chi connectivity index (χ3n) is 2.99. The van der Waals surface area contributed by atoms with E-state index in [4.69, 9.17) is 0 Å². The number of benzene rings is 1. The molecule has 1 aromatic rings. The molecule has 0 aromatic heterocycles. The molecule has 0 bridgehead atoms. The Bertz CT molecular complexity index is 390. The van der Waals surface area contributed by atoms with Gasteiger partial charge < -0.3 is 10.2 Å². The van der Waals surface area contributed by atoms with Crippen LogP contribution in [0.4, 0.5) is 5.69 Å². The highest BCUT2D eigenvalue weighted by molar-refractivity contribution is 9.10. The highest BCUT2D eigenvalue weighted by Gasteiger charge is 2.10. The van der Waals surface area contributed by atoms with Gasteiger partial charge in [-0.2, -0.15) is 0 Å². The zero-order valence-corrected chi connectivity index (χ0v) is 13.1. The van der Waals surface area contributed by atoms with Crippen LogP contribution in [0.5, 0.6) is 0 Å². The topological polar surface area (TPSA) is 15.3 Å². The summed E-state index contributed by atoms with van der Waals surface area (Å²) in [7, 11) is 2.07. The summed E-state index contributed by atoms with van der Waals surface area (Å²) in [4.78, 5) is 2.17. The Labute approximate surface area is 119 Å². The highest BCUT2D eigenvalue weighted by atomic mass is 79.9. The van der Waals surface area contributed by atoms with Crippen molar-refractivity contribution >= 4 is 21.6 Å². The average Bonchev–Trinajstić information content (AvgIpc) is 2.36. The normalized spacial score (nSPS) is 12.2. The average molecular weight is 311 g/mol. The molecule has 0 heterocycles. The number of nitrogens with one attached hydrogen (secondary N) is 1. The minimum absolute atomic E-state index is 0.373. The van der Waals surface area contributed by atoms with Crippen LogP contribution in [-0.4, -0.2) is 20.1 Å². The van der Waals surface area contributed by atoms with E-state index < -0.39 is 0 Å². The van der Waals surface area contributed by atoms with E-state index in [1.807, 2.05) is 6.08 Å². The summed E-state index contributed by atoms with van der Waals surface area (Å²) in [5, 5.41) is 3.50. The Morgan fingerprint density at radius 3 is 2.78 bits per heavy atom. The van der Waals surface area contributed by atoms with Gasteiger partial charge in [0.15, 0.2) is 0 Å². The summed E-state index contributed by atoms with van der Waals surface area (Å²) in [6, 6.07) is 6.89. The van der Waals surface area contributed by atoms with Gasteiger partial charge in [0.25, 0.3) is 0 Å². The Morgan fingerprint density at radius 1 is 1.50 bits per heavy atom. The van der Waals surface area contributed by atoms with E-state index >= 15 is 0 Å². The molecule has 18 heavy (non-hydrogen) atoms. The van der Waals surface area contributed by atoms with Gasteiger partial charge in [-0.1, -0.05) is 35.0 Å². The van der Waals surface area contributed by atoms with Gasteiger partial charge in [0.05, 0.1) is 0 Å². The van der Waals surface area contributed by atoms with Crippen LogP contribution in [-0.2, 0) is 0 Å². The first-order chi connectivity index (χ1) is 8.60. The predicted molar refractivity (Wildman–Crippen MR) is 84.3 cm³/mol. The van der Waals surface area contributed by atoms with E-state index in [1.54, 1.807) is 0 Å². The third kappa shape index (κ3) is 4.14. The minimum Gasteiger partial charge on any atom is -0.371 e. The minimum atomic E-state index is 0.373. The van der Waals surface area contributed by atoms with Crippen molar-refractivity contribution < 1.29 is 0 Å². The van der Waals surface area contributed by atoms with E-state index in [-0.39, 0.29) is 0 Å². The monoisotopic (exact) mass is 310 g/mol. The molecule has 0 aliphatic carbocycles. The van der Waals surface area contributed by atoms with Crippen molar-refractivity contribution in [2.45, 2.75) is 26.3 Å². The fourth-order valence-corrected chi connectivity index (χ4v) is 2.58. The van der Waals surface area contributed by atoms with Crippen molar-refractivity contribution in [3.05, 3.63) is 40.9 Å². The zero-order chi connectivity index (χ0) is 13.5. The Kier molecular flexibility index (Phi) is 6.44. The van der Waals surface area contributed by atoms with Gasteiger partial charge >= 0.3 is 0 Å². The number of anilines is 1. The molecule has 1 rings (SSSR count). The summed E-state index contributed by atoms with van der Waals surface area (Å²) in [5.74, 6) is 0. The van der Waals surface area contributed by atoms with E-state index in [1.165, 1.54) is 11.3 Å². The number of rotatable bonds is 7. The standard InChI is InChI=1S/C15H23BrN2/c1-5-9-17-12(3)14-8-7-13(11-15(14)16)18(4)10-6-2/h6-8,11-12,17H,2,5,9-10H2,1,3-4H3. The molecule has 2 nitrogen and oxygen atoms in total. The Hall–Kier alpha value is -0.800. The molecular weight excluding hydrogens is 288 g/mol. The maximum Gasteiger partial charge on any atom is 0.0377 e. The lowest BCUT2D eigenvalue weighted by Crippen LogP contribution is -2.20. The van der Waals surface area contributed by atoms with Gasteiger partial charge in [0.1, 0.15) is 0 Å². The molecule has 0 saturated carbocycles. The molecule has 3 heteroatoms. The van der Waals surface area contributed by atoms with Gasteiger partial charge in [-0.3, -0.25) is 0 Å². The molecule has 100 valence electrons. The number of halogens is 1. The summed E-state index contributed by atoms with van der Waals surface area (Å²) in [5.41, 5.74) is 2.51. The lowest BCUT2D eigenvalue weighted by Gasteiger charge is -2.20. The van der Waals surface area contributed by atoms with E-state index in [0.717, 1.165) is 24.0 Å². The van der Waals surface area contributed by atoms with Gasteiger partial charge in [-0.15, -0.1) is 6.58 Å². The van der Waals surface area contributed by atoms with Gasteiger partial charge in [-0.25, -0.2) is 0 Å². The SMILES string of the molecule is C=CCN(C)c1ccc(C(C)NCCC)c(Br)c1. The maximum atomic E-state index is 3.76. The number of hydrogen-bond donors (Lipinski definition) is 1. The van der Waals surface area contributed by atoms with Crippen molar-refractivity contribution in [3.8, 4) is 0 Å². The zero-order valence-electron chi connectivity index (χ0n) is 11.5. The molecule has 1 atom stereocenters. The summed E-state index contributed by atoms with van der Waals surface area (Å²) < 4.78 is 1.16. The smallest absolute Gasteiger partial charge is 0.0377 e. The number of nitrogens with zero attached hydrogens (tertiary/aromatic N) is 1. The predicted octanol–water partition coefficient (Wildman–Crippen LogP) is 4.13. The Morgan fingerprint density at radius 2 is 2.22 bits per heavy atom. The van der Waals surface area contributed by atoms with Crippen molar-refractivity contribution in [1.82, 2.24) is 5.32 Å². The molecule has 1 unspecified atom stereocenters. The number of likely N-dealkylation sites (N-methyl/N-ethyl adjacent to an activating group) is 1. The molecule has 0 fully saturated rings.